The van der Waals surface area contributed by atoms with Crippen LogP contribution in [-0.4, -0.2) is 22.0 Å². The number of nitrogens with one attached hydrogen (secondary N) is 1. The summed E-state index contributed by atoms with van der Waals surface area (Å²) in [5.74, 6) is -0.170. The Bertz CT molecular complexity index is 1280. The zero-order valence-corrected chi connectivity index (χ0v) is 17.9. The lowest BCUT2D eigenvalue weighted by Gasteiger charge is -2.12. The number of aryl methyl sites for hydroxylation is 1. The molecule has 1 N–H and O–H groups in total. The average Bonchev–Trinajstić information content (AvgIpc) is 2.78. The number of benzene rings is 3. The van der Waals surface area contributed by atoms with Gasteiger partial charge in [-0.1, -0.05) is 54.1 Å². The summed E-state index contributed by atoms with van der Waals surface area (Å²) < 4.78 is 1.70. The van der Waals surface area contributed by atoms with Crippen LogP contribution in [0.2, 0.25) is 5.02 Å². The maximum Gasteiger partial charge on any atom is 0.272 e. The van der Waals surface area contributed by atoms with Crippen LogP contribution < -0.4 is 10.9 Å². The van der Waals surface area contributed by atoms with E-state index in [4.69, 9.17) is 11.6 Å². The van der Waals surface area contributed by atoms with Crippen molar-refractivity contribution in [2.45, 2.75) is 19.9 Å². The molecule has 1 amide bonds. The van der Waals surface area contributed by atoms with Gasteiger partial charge in [-0.05, 0) is 54.8 Å². The van der Waals surface area contributed by atoms with Gasteiger partial charge in [-0.25, -0.2) is 4.98 Å². The summed E-state index contributed by atoms with van der Waals surface area (Å²) >= 11 is 5.90. The number of halogens is 1. The zero-order valence-electron chi connectivity index (χ0n) is 17.1. The molecular formula is C25H22ClN3O2. The Morgan fingerprint density at radius 2 is 1.74 bits per heavy atom. The number of rotatable bonds is 6. The van der Waals surface area contributed by atoms with E-state index in [9.17, 15) is 9.59 Å². The molecule has 0 spiro atoms. The fraction of sp³-hybridized carbons (Fsp3) is 0.160. The van der Waals surface area contributed by atoms with Crippen LogP contribution in [0, 0.1) is 6.92 Å². The number of hydrogen-bond donors (Lipinski definition) is 1. The van der Waals surface area contributed by atoms with Gasteiger partial charge in [0.25, 0.3) is 11.5 Å². The molecule has 1 heterocycles. The number of nitrogens with zero attached hydrogens (tertiary/aromatic N) is 2. The van der Waals surface area contributed by atoms with E-state index >= 15 is 0 Å². The number of carbonyl (C=O) groups is 1. The van der Waals surface area contributed by atoms with Crippen molar-refractivity contribution in [3.63, 3.8) is 0 Å². The molecule has 0 atom stereocenters. The monoisotopic (exact) mass is 431 g/mol. The first-order valence-corrected chi connectivity index (χ1v) is 10.5. The van der Waals surface area contributed by atoms with Gasteiger partial charge in [-0.3, -0.25) is 9.59 Å². The van der Waals surface area contributed by atoms with E-state index < -0.39 is 0 Å². The second-order valence-corrected chi connectivity index (χ2v) is 7.85. The van der Waals surface area contributed by atoms with Crippen molar-refractivity contribution in [3.8, 4) is 0 Å². The topological polar surface area (TPSA) is 64.0 Å². The van der Waals surface area contributed by atoms with Crippen molar-refractivity contribution in [2.75, 3.05) is 6.54 Å². The predicted octanol–water partition coefficient (Wildman–Crippen LogP) is 4.38. The van der Waals surface area contributed by atoms with E-state index in [1.165, 1.54) is 0 Å². The summed E-state index contributed by atoms with van der Waals surface area (Å²) in [5.41, 5.74) is 4.25. The molecule has 0 saturated carbocycles. The fourth-order valence-electron chi connectivity index (χ4n) is 3.51. The van der Waals surface area contributed by atoms with Crippen molar-refractivity contribution in [1.82, 2.24) is 14.9 Å². The molecule has 0 radical (unpaired) electrons. The molecule has 156 valence electrons. The van der Waals surface area contributed by atoms with Crippen molar-refractivity contribution in [1.29, 1.82) is 0 Å². The summed E-state index contributed by atoms with van der Waals surface area (Å²) in [5, 5.41) is 3.63. The highest BCUT2D eigenvalue weighted by atomic mass is 35.5. The molecule has 0 saturated heterocycles. The Morgan fingerprint density at radius 1 is 1.00 bits per heavy atom. The van der Waals surface area contributed by atoms with Crippen molar-refractivity contribution in [3.05, 3.63) is 111 Å². The lowest BCUT2D eigenvalue weighted by atomic mass is 10.1. The van der Waals surface area contributed by atoms with Crippen LogP contribution in [0.4, 0.5) is 0 Å². The molecule has 4 aromatic rings. The molecule has 0 fully saturated rings. The maximum absolute atomic E-state index is 12.7. The number of hydrogen-bond acceptors (Lipinski definition) is 3. The van der Waals surface area contributed by atoms with Crippen LogP contribution in [0.5, 0.6) is 0 Å². The van der Waals surface area contributed by atoms with E-state index in [0.717, 1.165) is 11.1 Å². The molecule has 3 aromatic carbocycles. The Balaban J connectivity index is 1.54. The lowest BCUT2D eigenvalue weighted by molar-refractivity contribution is 0.0954. The summed E-state index contributed by atoms with van der Waals surface area (Å²) in [7, 11) is 0. The standard InChI is InChI=1S/C25H22ClN3O2/c1-17-25(31)29(16-19-5-3-2-4-6-19)23-12-9-20(15-22(23)28-17)24(30)27-14-13-18-7-10-21(26)11-8-18/h2-12,15H,13-14,16H2,1H3,(H,27,30). The molecule has 5 nitrogen and oxygen atoms in total. The Labute approximate surface area is 185 Å². The quantitative estimate of drug-likeness (QED) is 0.492. The van der Waals surface area contributed by atoms with Crippen LogP contribution in [0.3, 0.4) is 0 Å². The summed E-state index contributed by atoms with van der Waals surface area (Å²) in [6.45, 7) is 2.66. The van der Waals surface area contributed by atoms with Gasteiger partial charge in [0.05, 0.1) is 17.6 Å². The molecule has 0 unspecified atom stereocenters. The number of carbonyl (C=O) groups excluding carboxylic acids is 1. The molecule has 4 rings (SSSR count). The minimum Gasteiger partial charge on any atom is -0.352 e. The fourth-order valence-corrected chi connectivity index (χ4v) is 3.64. The highest BCUT2D eigenvalue weighted by Crippen LogP contribution is 2.15. The van der Waals surface area contributed by atoms with E-state index in [1.54, 1.807) is 29.7 Å². The van der Waals surface area contributed by atoms with Crippen molar-refractivity contribution in [2.24, 2.45) is 0 Å². The Kier molecular flexibility index (Phi) is 6.14. The Hall–Kier alpha value is -3.44. The van der Waals surface area contributed by atoms with E-state index in [2.05, 4.69) is 10.3 Å². The molecule has 6 heteroatoms. The highest BCUT2D eigenvalue weighted by Gasteiger charge is 2.12. The second kappa shape index (κ2) is 9.14. The molecule has 0 aliphatic rings. The van der Waals surface area contributed by atoms with E-state index in [0.29, 0.717) is 46.8 Å². The van der Waals surface area contributed by atoms with Crippen LogP contribution in [0.15, 0.2) is 77.6 Å². The first kappa shape index (κ1) is 20.8. The minimum absolute atomic E-state index is 0.128. The van der Waals surface area contributed by atoms with Gasteiger partial charge in [-0.15, -0.1) is 0 Å². The normalized spacial score (nSPS) is 10.9. The van der Waals surface area contributed by atoms with Gasteiger partial charge in [-0.2, -0.15) is 0 Å². The second-order valence-electron chi connectivity index (χ2n) is 7.41. The zero-order chi connectivity index (χ0) is 21.8. The molecular weight excluding hydrogens is 410 g/mol. The SMILES string of the molecule is Cc1nc2cc(C(=O)NCCc3ccc(Cl)cc3)ccc2n(Cc2ccccc2)c1=O. The number of fused-ring (bicyclic) bond motifs is 1. The van der Waals surface area contributed by atoms with Crippen LogP contribution in [0.1, 0.15) is 27.2 Å². The summed E-state index contributed by atoms with van der Waals surface area (Å²) in [6, 6.07) is 22.6. The smallest absolute Gasteiger partial charge is 0.272 e. The molecule has 1 aromatic heterocycles. The molecule has 31 heavy (non-hydrogen) atoms. The molecule has 0 bridgehead atoms. The van der Waals surface area contributed by atoms with Gasteiger partial charge in [0, 0.05) is 17.1 Å². The lowest BCUT2D eigenvalue weighted by Crippen LogP contribution is -2.27. The third kappa shape index (κ3) is 4.84. The largest absolute Gasteiger partial charge is 0.352 e. The van der Waals surface area contributed by atoms with E-state index in [1.807, 2.05) is 54.6 Å². The van der Waals surface area contributed by atoms with Crippen molar-refractivity contribution < 1.29 is 4.79 Å². The van der Waals surface area contributed by atoms with Crippen LogP contribution in [0.25, 0.3) is 11.0 Å². The highest BCUT2D eigenvalue weighted by molar-refractivity contribution is 6.30. The van der Waals surface area contributed by atoms with Gasteiger partial charge in [0.1, 0.15) is 5.69 Å². The van der Waals surface area contributed by atoms with Gasteiger partial charge >= 0.3 is 0 Å². The summed E-state index contributed by atoms with van der Waals surface area (Å²) in [4.78, 5) is 29.8. The minimum atomic E-state index is -0.170. The van der Waals surface area contributed by atoms with Crippen molar-refractivity contribution >= 4 is 28.5 Å². The first-order chi connectivity index (χ1) is 15.0. The average molecular weight is 432 g/mol. The van der Waals surface area contributed by atoms with E-state index in [-0.39, 0.29) is 11.5 Å². The predicted molar refractivity (Wildman–Crippen MR) is 124 cm³/mol. The number of amides is 1. The molecule has 0 aliphatic carbocycles. The maximum atomic E-state index is 12.7. The molecule has 0 aliphatic heterocycles. The third-order valence-corrected chi connectivity index (χ3v) is 5.42. The van der Waals surface area contributed by atoms with Crippen LogP contribution in [-0.2, 0) is 13.0 Å². The Morgan fingerprint density at radius 3 is 2.48 bits per heavy atom. The summed E-state index contributed by atoms with van der Waals surface area (Å²) in [6.07, 6.45) is 0.713. The van der Waals surface area contributed by atoms with Gasteiger partial charge in [0.2, 0.25) is 0 Å². The van der Waals surface area contributed by atoms with Gasteiger partial charge < -0.3 is 9.88 Å². The van der Waals surface area contributed by atoms with Crippen LogP contribution >= 0.6 is 11.6 Å². The first-order valence-electron chi connectivity index (χ1n) is 10.1. The van der Waals surface area contributed by atoms with Gasteiger partial charge in [0.15, 0.2) is 0 Å². The third-order valence-electron chi connectivity index (χ3n) is 5.17. The number of aromatic nitrogens is 2.